The summed E-state index contributed by atoms with van der Waals surface area (Å²) >= 11 is 0. The number of aryl methyl sites for hydroxylation is 2. The zero-order valence-electron chi connectivity index (χ0n) is 17.2. The molecule has 0 amide bonds. The Labute approximate surface area is 188 Å². The van der Waals surface area contributed by atoms with E-state index in [2.05, 4.69) is 39.3 Å². The second-order valence-corrected chi connectivity index (χ2v) is 7.74. The highest BCUT2D eigenvalue weighted by Gasteiger charge is 2.17. The standard InChI is InChI=1S/C24H28N4O.BrH/c29-26-18-19-12-16-28(17-13-19)15-7-1-6-14-25-24-20-8-2-4-10-22(20)27-23-11-5-3-9-21(23)24;/h2,4,8,10,12-13,16-18H,1,3,5-7,9,11,14-15H2,(H,25,27);1H. The molecule has 5 nitrogen and oxygen atoms in total. The van der Waals surface area contributed by atoms with Crippen LogP contribution in [0.3, 0.4) is 0 Å². The average Bonchev–Trinajstić information content (AvgIpc) is 2.76. The van der Waals surface area contributed by atoms with E-state index in [-0.39, 0.29) is 17.0 Å². The van der Waals surface area contributed by atoms with Crippen LogP contribution < -0.4 is 26.9 Å². The molecule has 0 unspecified atom stereocenters. The molecule has 0 spiro atoms. The lowest BCUT2D eigenvalue weighted by Gasteiger charge is -2.21. The maximum atomic E-state index is 8.57. The maximum absolute atomic E-state index is 8.57. The molecule has 0 saturated heterocycles. The van der Waals surface area contributed by atoms with Gasteiger partial charge in [0.15, 0.2) is 12.4 Å². The van der Waals surface area contributed by atoms with Gasteiger partial charge in [0.05, 0.1) is 11.7 Å². The third-order valence-corrected chi connectivity index (χ3v) is 5.69. The van der Waals surface area contributed by atoms with Crippen LogP contribution in [-0.2, 0) is 19.4 Å². The molecule has 0 bridgehead atoms. The van der Waals surface area contributed by atoms with Gasteiger partial charge in [-0.2, -0.15) is 0 Å². The highest BCUT2D eigenvalue weighted by molar-refractivity contribution is 5.93. The van der Waals surface area contributed by atoms with Gasteiger partial charge in [0.25, 0.3) is 0 Å². The minimum absolute atomic E-state index is 0. The zero-order chi connectivity index (χ0) is 19.9. The summed E-state index contributed by atoms with van der Waals surface area (Å²) in [7, 11) is 0. The topological polar surface area (TPSA) is 61.4 Å². The molecular formula is C24H29BrN4O. The van der Waals surface area contributed by atoms with Gasteiger partial charge >= 0.3 is 0 Å². The molecule has 158 valence electrons. The van der Waals surface area contributed by atoms with E-state index >= 15 is 0 Å². The van der Waals surface area contributed by atoms with E-state index in [0.717, 1.165) is 49.9 Å². The first-order valence-corrected chi connectivity index (χ1v) is 10.7. The lowest BCUT2D eigenvalue weighted by molar-refractivity contribution is -0.697. The third kappa shape index (κ3) is 5.36. The number of anilines is 1. The van der Waals surface area contributed by atoms with Gasteiger partial charge in [-0.1, -0.05) is 23.4 Å². The van der Waals surface area contributed by atoms with Gasteiger partial charge in [-0.05, 0) is 50.2 Å². The van der Waals surface area contributed by atoms with Crippen molar-refractivity contribution in [3.05, 3.63) is 65.6 Å². The van der Waals surface area contributed by atoms with Gasteiger partial charge < -0.3 is 27.5 Å². The van der Waals surface area contributed by atoms with E-state index in [9.17, 15) is 0 Å². The van der Waals surface area contributed by atoms with E-state index in [1.807, 2.05) is 24.5 Å². The molecule has 0 aliphatic heterocycles. The Bertz CT molecular complexity index is 988. The summed E-state index contributed by atoms with van der Waals surface area (Å²) in [6.45, 7) is 2.00. The number of rotatable bonds is 8. The van der Waals surface area contributed by atoms with Crippen molar-refractivity contribution >= 4 is 22.8 Å². The van der Waals surface area contributed by atoms with E-state index in [1.165, 1.54) is 47.8 Å². The molecular weight excluding hydrogens is 440 g/mol. The van der Waals surface area contributed by atoms with Crippen LogP contribution in [0.1, 0.15) is 48.9 Å². The summed E-state index contributed by atoms with van der Waals surface area (Å²) < 4.78 is 2.18. The summed E-state index contributed by atoms with van der Waals surface area (Å²) in [5.74, 6) is 0. The van der Waals surface area contributed by atoms with Crippen LogP contribution in [0.25, 0.3) is 10.9 Å². The molecule has 6 heteroatoms. The summed E-state index contributed by atoms with van der Waals surface area (Å²) in [5.41, 5.74) is 6.07. The van der Waals surface area contributed by atoms with Gasteiger partial charge in [-0.25, -0.2) is 4.57 Å². The number of benzene rings is 1. The second-order valence-electron chi connectivity index (χ2n) is 7.74. The molecule has 2 aromatic heterocycles. The highest BCUT2D eigenvalue weighted by atomic mass is 79.9. The lowest BCUT2D eigenvalue weighted by atomic mass is 9.92. The molecule has 0 fully saturated rings. The number of halogens is 1. The first-order valence-electron chi connectivity index (χ1n) is 10.7. The number of hydrogen-bond acceptors (Lipinski definition) is 4. The van der Waals surface area contributed by atoms with Crippen LogP contribution in [0.15, 0.2) is 53.9 Å². The highest BCUT2D eigenvalue weighted by Crippen LogP contribution is 2.33. The number of para-hydroxylation sites is 1. The first-order chi connectivity index (χ1) is 14.3. The number of fused-ring (bicyclic) bond motifs is 2. The SMILES string of the molecule is O/N=C/c1cc[n+](CCCCCNc2c3c(nc4ccccc24)CCCC3)cc1.[Br-]. The normalized spacial score (nSPS) is 13.2. The van der Waals surface area contributed by atoms with Gasteiger partial charge in [0, 0.05) is 47.4 Å². The fourth-order valence-electron chi connectivity index (χ4n) is 4.15. The number of aromatic nitrogens is 2. The van der Waals surface area contributed by atoms with Gasteiger partial charge in [-0.15, -0.1) is 0 Å². The van der Waals surface area contributed by atoms with Crippen molar-refractivity contribution in [1.82, 2.24) is 4.98 Å². The van der Waals surface area contributed by atoms with Crippen molar-refractivity contribution in [3.8, 4) is 0 Å². The molecule has 0 radical (unpaired) electrons. The Hall–Kier alpha value is -2.47. The minimum atomic E-state index is 0. The molecule has 2 N–H and O–H groups in total. The molecule has 3 aromatic rings. The molecule has 1 aromatic carbocycles. The number of nitrogens with zero attached hydrogens (tertiary/aromatic N) is 3. The third-order valence-electron chi connectivity index (χ3n) is 5.69. The Morgan fingerprint density at radius 1 is 1.03 bits per heavy atom. The van der Waals surface area contributed by atoms with Crippen LogP contribution in [-0.4, -0.2) is 23.0 Å². The Balaban J connectivity index is 0.00000256. The number of oxime groups is 1. The molecule has 2 heterocycles. The monoisotopic (exact) mass is 468 g/mol. The maximum Gasteiger partial charge on any atom is 0.169 e. The van der Waals surface area contributed by atoms with Crippen molar-refractivity contribution < 1.29 is 26.8 Å². The largest absolute Gasteiger partial charge is 1.00 e. The fraction of sp³-hybridized carbons (Fsp3) is 0.375. The van der Waals surface area contributed by atoms with Gasteiger partial charge in [0.2, 0.25) is 0 Å². The molecule has 30 heavy (non-hydrogen) atoms. The Morgan fingerprint density at radius 2 is 1.83 bits per heavy atom. The summed E-state index contributed by atoms with van der Waals surface area (Å²) in [4.78, 5) is 4.92. The number of pyridine rings is 2. The molecule has 0 saturated carbocycles. The Kier molecular flexibility index (Phi) is 8.20. The average molecular weight is 469 g/mol. The van der Waals surface area contributed by atoms with Gasteiger partial charge in [-0.3, -0.25) is 4.98 Å². The lowest BCUT2D eigenvalue weighted by Crippen LogP contribution is -3.00. The number of nitrogens with one attached hydrogen (secondary N) is 1. The van der Waals surface area contributed by atoms with Gasteiger partial charge in [0.1, 0.15) is 6.54 Å². The smallest absolute Gasteiger partial charge is 0.169 e. The van der Waals surface area contributed by atoms with Crippen LogP contribution in [0.2, 0.25) is 0 Å². The van der Waals surface area contributed by atoms with Crippen molar-refractivity contribution in [2.75, 3.05) is 11.9 Å². The fourth-order valence-corrected chi connectivity index (χ4v) is 4.15. The minimum Gasteiger partial charge on any atom is -1.00 e. The number of hydrogen-bond donors (Lipinski definition) is 2. The van der Waals surface area contributed by atoms with Crippen molar-refractivity contribution in [3.63, 3.8) is 0 Å². The summed E-state index contributed by atoms with van der Waals surface area (Å²) in [6.07, 6.45) is 13.8. The van der Waals surface area contributed by atoms with Crippen LogP contribution >= 0.6 is 0 Å². The van der Waals surface area contributed by atoms with Crippen molar-refractivity contribution in [2.45, 2.75) is 51.5 Å². The Morgan fingerprint density at radius 3 is 2.67 bits per heavy atom. The molecule has 4 rings (SSSR count). The summed E-state index contributed by atoms with van der Waals surface area (Å²) in [6, 6.07) is 12.4. The second kappa shape index (κ2) is 11.1. The quantitative estimate of drug-likeness (QED) is 0.173. The van der Waals surface area contributed by atoms with E-state index < -0.39 is 0 Å². The molecule has 0 atom stereocenters. The predicted octanol–water partition coefficient (Wildman–Crippen LogP) is 1.50. The number of unbranched alkanes of at least 4 members (excludes halogenated alkanes) is 2. The van der Waals surface area contributed by atoms with Crippen LogP contribution in [0, 0.1) is 0 Å². The van der Waals surface area contributed by atoms with E-state index in [0.29, 0.717) is 0 Å². The van der Waals surface area contributed by atoms with Crippen molar-refractivity contribution in [1.29, 1.82) is 0 Å². The van der Waals surface area contributed by atoms with E-state index in [4.69, 9.17) is 10.2 Å². The van der Waals surface area contributed by atoms with Crippen LogP contribution in [0.5, 0.6) is 0 Å². The molecule has 1 aliphatic rings. The first kappa shape index (κ1) is 22.2. The molecule has 1 aliphatic carbocycles. The summed E-state index contributed by atoms with van der Waals surface area (Å²) in [5, 5.41) is 16.6. The van der Waals surface area contributed by atoms with E-state index in [1.54, 1.807) is 0 Å². The zero-order valence-corrected chi connectivity index (χ0v) is 18.8. The predicted molar refractivity (Wildman–Crippen MR) is 117 cm³/mol. The van der Waals surface area contributed by atoms with Crippen LogP contribution in [0.4, 0.5) is 5.69 Å². The van der Waals surface area contributed by atoms with Crippen molar-refractivity contribution in [2.24, 2.45) is 5.16 Å².